The molecule has 0 amide bonds. The van der Waals surface area contributed by atoms with Crippen LogP contribution in [0.3, 0.4) is 0 Å². The Bertz CT molecular complexity index is 707. The smallest absolute Gasteiger partial charge is 0.359 e. The molecule has 2 heterocycles. The number of ether oxygens (including phenoxy) is 2. The third-order valence-corrected chi connectivity index (χ3v) is 3.54. The summed E-state index contributed by atoms with van der Waals surface area (Å²) in [5, 5.41) is 47.0. The molecule has 4 atom stereocenters. The van der Waals surface area contributed by atoms with E-state index in [0.29, 0.717) is 0 Å². The molecule has 1 aliphatic heterocycles. The molecule has 12 heteroatoms. The Morgan fingerprint density at radius 3 is 2.58 bits per heavy atom. The highest BCUT2D eigenvalue weighted by Crippen LogP contribution is 2.33. The van der Waals surface area contributed by atoms with Crippen molar-refractivity contribution < 1.29 is 39.3 Å². The molecule has 0 saturated heterocycles. The lowest BCUT2D eigenvalue weighted by Crippen LogP contribution is -2.49. The summed E-state index contributed by atoms with van der Waals surface area (Å²) in [6, 6.07) is 0. The summed E-state index contributed by atoms with van der Waals surface area (Å²) in [6.07, 6.45) is -8.31. The summed E-state index contributed by atoms with van der Waals surface area (Å²) >= 11 is 0. The molecule has 0 bridgehead atoms. The highest BCUT2D eigenvalue weighted by molar-refractivity contribution is 5.94. The summed E-state index contributed by atoms with van der Waals surface area (Å²) in [7, 11) is 1.09. The highest BCUT2D eigenvalue weighted by Gasteiger charge is 2.47. The topological polar surface area (TPSA) is 182 Å². The zero-order valence-corrected chi connectivity index (χ0v) is 12.4. The number of aromatic nitrogens is 2. The Kier molecular flexibility index (Phi) is 4.73. The van der Waals surface area contributed by atoms with Crippen LogP contribution in [0.1, 0.15) is 38.2 Å². The van der Waals surface area contributed by atoms with Gasteiger partial charge in [-0.3, -0.25) is 10.1 Å². The average Bonchev–Trinajstić information content (AvgIpc) is 2.55. The van der Waals surface area contributed by atoms with Gasteiger partial charge in [0.05, 0.1) is 12.0 Å². The number of esters is 2. The van der Waals surface area contributed by atoms with Gasteiger partial charge in [0.1, 0.15) is 6.10 Å². The number of hydrogen-bond acceptors (Lipinski definition) is 11. The van der Waals surface area contributed by atoms with Crippen LogP contribution in [0.4, 0.5) is 0 Å². The molecule has 3 N–H and O–H groups in total. The Morgan fingerprint density at radius 2 is 2.04 bits per heavy atom. The predicted molar refractivity (Wildman–Crippen MR) is 71.3 cm³/mol. The molecule has 0 saturated carbocycles. The lowest BCUT2D eigenvalue weighted by Gasteiger charge is -2.32. The van der Waals surface area contributed by atoms with E-state index in [1.165, 1.54) is 6.92 Å². The molecule has 0 radical (unpaired) electrons. The average molecular weight is 343 g/mol. The van der Waals surface area contributed by atoms with Crippen LogP contribution < -0.4 is 0 Å². The summed E-state index contributed by atoms with van der Waals surface area (Å²) < 4.78 is 9.21. The van der Waals surface area contributed by atoms with Crippen LogP contribution in [0.15, 0.2) is 0 Å². The van der Waals surface area contributed by atoms with E-state index < -0.39 is 47.1 Å². The second-order valence-corrected chi connectivity index (χ2v) is 4.93. The van der Waals surface area contributed by atoms with Gasteiger partial charge in [0.25, 0.3) is 0 Å². The van der Waals surface area contributed by atoms with Crippen molar-refractivity contribution in [1.82, 2.24) is 10.2 Å². The first-order valence-corrected chi connectivity index (χ1v) is 6.54. The van der Waals surface area contributed by atoms with Gasteiger partial charge in [-0.25, -0.2) is 9.59 Å². The lowest BCUT2D eigenvalue weighted by molar-refractivity contribution is -0.585. The van der Waals surface area contributed by atoms with Crippen LogP contribution in [0.25, 0.3) is 0 Å². The number of aliphatic hydroxyl groups excluding tert-OH is 3. The van der Waals surface area contributed by atoms with Crippen molar-refractivity contribution >= 4 is 11.9 Å². The fraction of sp³-hybridized carbons (Fsp3) is 0.500. The first-order valence-electron chi connectivity index (χ1n) is 6.54. The van der Waals surface area contributed by atoms with E-state index in [2.05, 4.69) is 14.9 Å². The number of hydrogen-bond donors (Lipinski definition) is 3. The summed E-state index contributed by atoms with van der Waals surface area (Å²) in [5.41, 5.74) is -0.857. The van der Waals surface area contributed by atoms with Crippen LogP contribution in [-0.4, -0.2) is 67.9 Å². The number of carbonyl (C=O) groups is 2. The van der Waals surface area contributed by atoms with Crippen molar-refractivity contribution in [1.29, 1.82) is 0 Å². The second-order valence-electron chi connectivity index (χ2n) is 4.93. The molecule has 1 aliphatic rings. The van der Waals surface area contributed by atoms with Crippen molar-refractivity contribution in [2.75, 3.05) is 7.11 Å². The zero-order valence-electron chi connectivity index (χ0n) is 12.4. The second kappa shape index (κ2) is 6.43. The molecule has 0 aliphatic carbocycles. The minimum Gasteiger partial charge on any atom is -0.464 e. The Labute approximate surface area is 133 Å². The molecule has 1 aromatic rings. The van der Waals surface area contributed by atoms with Crippen LogP contribution in [0.5, 0.6) is 0 Å². The number of nitro groups is 1. The molecule has 0 fully saturated rings. The van der Waals surface area contributed by atoms with E-state index in [-0.39, 0.29) is 16.8 Å². The molecular formula is C12H13N3O9. The fourth-order valence-electron chi connectivity index (χ4n) is 2.30. The third kappa shape index (κ3) is 2.77. The molecule has 0 spiro atoms. The highest BCUT2D eigenvalue weighted by atomic mass is 16.7. The van der Waals surface area contributed by atoms with Crippen LogP contribution in [0, 0.1) is 17.0 Å². The minimum absolute atomic E-state index is 0.0313. The SMILES string of the molecule is COC(=O)c1nnc2c(c1C)C(O)C(C(O)C(O)[N+](=O)[O-])OC2=O. The first kappa shape index (κ1) is 17.7. The zero-order chi connectivity index (χ0) is 18.2. The Morgan fingerprint density at radius 1 is 1.42 bits per heavy atom. The molecule has 4 unspecified atom stereocenters. The number of methoxy groups -OCH3 is 1. The monoisotopic (exact) mass is 343 g/mol. The first-order chi connectivity index (χ1) is 11.2. The van der Waals surface area contributed by atoms with E-state index in [4.69, 9.17) is 4.74 Å². The van der Waals surface area contributed by atoms with Crippen LogP contribution in [0.2, 0.25) is 0 Å². The van der Waals surface area contributed by atoms with Gasteiger partial charge in [0.15, 0.2) is 23.6 Å². The van der Waals surface area contributed by atoms with Gasteiger partial charge in [-0.1, -0.05) is 0 Å². The van der Waals surface area contributed by atoms with Gasteiger partial charge in [-0.2, -0.15) is 0 Å². The predicted octanol–water partition coefficient (Wildman–Crippen LogP) is -1.90. The van der Waals surface area contributed by atoms with Gasteiger partial charge in [-0.15, -0.1) is 10.2 Å². The lowest BCUT2D eigenvalue weighted by atomic mass is 9.91. The van der Waals surface area contributed by atoms with Gasteiger partial charge < -0.3 is 24.8 Å². The quantitative estimate of drug-likeness (QED) is 0.240. The van der Waals surface area contributed by atoms with Gasteiger partial charge in [0, 0.05) is 5.56 Å². The molecule has 1 aromatic heterocycles. The van der Waals surface area contributed by atoms with E-state index >= 15 is 0 Å². The maximum atomic E-state index is 11.9. The summed E-state index contributed by atoms with van der Waals surface area (Å²) in [6.45, 7) is 1.34. The minimum atomic E-state index is -2.49. The van der Waals surface area contributed by atoms with Crippen molar-refractivity contribution in [3.05, 3.63) is 32.6 Å². The van der Waals surface area contributed by atoms with Crippen LogP contribution >= 0.6 is 0 Å². The standard InChI is InChI=1S/C12H13N3O9/c1-3-4-6(14-13-5(3)11(19)23-2)12(20)24-9(7(4)16)8(17)10(18)15(21)22/h7-10,16-18H,1-2H3. The maximum absolute atomic E-state index is 11.9. The molecule has 12 nitrogen and oxygen atoms in total. The number of nitrogens with zero attached hydrogens (tertiary/aromatic N) is 3. The molecule has 24 heavy (non-hydrogen) atoms. The number of carbonyl (C=O) groups excluding carboxylic acids is 2. The Balaban J connectivity index is 2.50. The van der Waals surface area contributed by atoms with Gasteiger partial charge in [0.2, 0.25) is 0 Å². The number of cyclic esters (lactones) is 1. The van der Waals surface area contributed by atoms with Crippen LogP contribution in [-0.2, 0) is 9.47 Å². The fourth-order valence-corrected chi connectivity index (χ4v) is 2.30. The van der Waals surface area contributed by atoms with Crippen molar-refractivity contribution in [3.63, 3.8) is 0 Å². The maximum Gasteiger partial charge on any atom is 0.359 e. The van der Waals surface area contributed by atoms with Crippen molar-refractivity contribution in [3.8, 4) is 0 Å². The number of fused-ring (bicyclic) bond motifs is 1. The van der Waals surface area contributed by atoms with Gasteiger partial charge >= 0.3 is 18.2 Å². The van der Waals surface area contributed by atoms with E-state index in [9.17, 15) is 35.0 Å². The summed E-state index contributed by atoms with van der Waals surface area (Å²) in [4.78, 5) is 32.9. The number of rotatable bonds is 4. The summed E-state index contributed by atoms with van der Waals surface area (Å²) in [5.74, 6) is -2.00. The van der Waals surface area contributed by atoms with E-state index in [1.807, 2.05) is 0 Å². The molecular weight excluding hydrogens is 330 g/mol. The Hall–Kier alpha value is -2.70. The van der Waals surface area contributed by atoms with Crippen molar-refractivity contribution in [2.45, 2.75) is 31.5 Å². The molecule has 130 valence electrons. The third-order valence-electron chi connectivity index (χ3n) is 3.54. The molecule has 0 aromatic carbocycles. The van der Waals surface area contributed by atoms with E-state index in [1.54, 1.807) is 0 Å². The largest absolute Gasteiger partial charge is 0.464 e. The molecule has 2 rings (SSSR count). The van der Waals surface area contributed by atoms with Crippen molar-refractivity contribution in [2.24, 2.45) is 0 Å². The van der Waals surface area contributed by atoms with Gasteiger partial charge in [-0.05, 0) is 12.5 Å². The van der Waals surface area contributed by atoms with E-state index in [0.717, 1.165) is 7.11 Å². The normalized spacial score (nSPS) is 22.1. The number of aliphatic hydroxyl groups is 3.